The lowest BCUT2D eigenvalue weighted by Crippen LogP contribution is -2.43. The van der Waals surface area contributed by atoms with Crippen LogP contribution in [0.2, 0.25) is 0 Å². The van der Waals surface area contributed by atoms with E-state index in [2.05, 4.69) is 0 Å². The normalized spacial score (nSPS) is 10.2. The number of nitrogens with two attached hydrogens (primary N) is 4. The zero-order valence-corrected chi connectivity index (χ0v) is 10.8. The summed E-state index contributed by atoms with van der Waals surface area (Å²) >= 11 is 0. The SMILES string of the molecule is NC(=O)N(N)c1ccc(N(N)C(N)=O)c(CCCO)c1. The maximum absolute atomic E-state index is 11.1. The summed E-state index contributed by atoms with van der Waals surface area (Å²) in [6.07, 6.45) is 0.872. The van der Waals surface area contributed by atoms with Crippen LogP contribution in [0.15, 0.2) is 18.2 Å². The molecule has 9 nitrogen and oxygen atoms in total. The van der Waals surface area contributed by atoms with Gasteiger partial charge < -0.3 is 16.6 Å². The molecule has 4 amide bonds. The second-order valence-electron chi connectivity index (χ2n) is 4.06. The van der Waals surface area contributed by atoms with Crippen molar-refractivity contribution in [2.75, 3.05) is 16.6 Å². The molecule has 1 rings (SSSR count). The van der Waals surface area contributed by atoms with E-state index in [4.69, 9.17) is 28.3 Å². The molecule has 0 aliphatic heterocycles. The summed E-state index contributed by atoms with van der Waals surface area (Å²) in [5.74, 6) is 11.1. The zero-order valence-electron chi connectivity index (χ0n) is 10.8. The molecule has 0 saturated heterocycles. The van der Waals surface area contributed by atoms with Crippen LogP contribution in [-0.2, 0) is 6.42 Å². The molecule has 110 valence electrons. The van der Waals surface area contributed by atoms with E-state index in [0.29, 0.717) is 29.8 Å². The van der Waals surface area contributed by atoms with Crippen LogP contribution in [0.4, 0.5) is 21.0 Å². The minimum Gasteiger partial charge on any atom is -0.396 e. The Morgan fingerprint density at radius 2 is 1.70 bits per heavy atom. The van der Waals surface area contributed by atoms with Crippen LogP contribution in [0.25, 0.3) is 0 Å². The average molecular weight is 282 g/mol. The smallest absolute Gasteiger partial charge is 0.333 e. The van der Waals surface area contributed by atoms with Gasteiger partial charge in [-0.2, -0.15) is 0 Å². The number of amides is 4. The van der Waals surface area contributed by atoms with Crippen molar-refractivity contribution in [3.8, 4) is 0 Å². The number of primary amides is 2. The van der Waals surface area contributed by atoms with Gasteiger partial charge in [0.25, 0.3) is 0 Å². The lowest BCUT2D eigenvalue weighted by atomic mass is 10.1. The molecular formula is C11H18N6O3. The summed E-state index contributed by atoms with van der Waals surface area (Å²) in [5.41, 5.74) is 11.5. The molecule has 1 aromatic rings. The number of nitrogens with zero attached hydrogens (tertiary/aromatic N) is 2. The monoisotopic (exact) mass is 282 g/mol. The van der Waals surface area contributed by atoms with E-state index in [9.17, 15) is 9.59 Å². The number of aryl methyl sites for hydroxylation is 1. The van der Waals surface area contributed by atoms with Gasteiger partial charge in [0.2, 0.25) is 0 Å². The molecule has 0 unspecified atom stereocenters. The number of benzene rings is 1. The number of hydrogen-bond donors (Lipinski definition) is 5. The summed E-state index contributed by atoms with van der Waals surface area (Å²) in [6.45, 7) is -0.0348. The number of aliphatic hydroxyl groups is 1. The molecule has 0 spiro atoms. The summed E-state index contributed by atoms with van der Waals surface area (Å²) < 4.78 is 0. The lowest BCUT2D eigenvalue weighted by Gasteiger charge is -2.21. The fraction of sp³-hybridized carbons (Fsp3) is 0.273. The zero-order chi connectivity index (χ0) is 15.3. The fourth-order valence-corrected chi connectivity index (χ4v) is 1.67. The first kappa shape index (κ1) is 15.7. The molecular weight excluding hydrogens is 264 g/mol. The van der Waals surface area contributed by atoms with Crippen LogP contribution in [0.1, 0.15) is 12.0 Å². The number of aliphatic hydroxyl groups excluding tert-OH is 1. The van der Waals surface area contributed by atoms with Crippen molar-refractivity contribution in [1.29, 1.82) is 0 Å². The van der Waals surface area contributed by atoms with E-state index in [1.165, 1.54) is 12.1 Å². The molecule has 1 aromatic carbocycles. The Hall–Kier alpha value is -2.36. The summed E-state index contributed by atoms with van der Waals surface area (Å²) in [7, 11) is 0. The van der Waals surface area contributed by atoms with E-state index in [0.717, 1.165) is 10.0 Å². The first-order valence-corrected chi connectivity index (χ1v) is 5.80. The minimum absolute atomic E-state index is 0.0348. The number of rotatable bonds is 5. The van der Waals surface area contributed by atoms with E-state index in [-0.39, 0.29) is 6.61 Å². The highest BCUT2D eigenvalue weighted by Crippen LogP contribution is 2.25. The minimum atomic E-state index is -0.831. The highest BCUT2D eigenvalue weighted by molar-refractivity contribution is 5.92. The van der Waals surface area contributed by atoms with Gasteiger partial charge in [0.1, 0.15) is 0 Å². The van der Waals surface area contributed by atoms with Gasteiger partial charge in [0.05, 0.1) is 11.4 Å². The van der Waals surface area contributed by atoms with Crippen LogP contribution in [0.5, 0.6) is 0 Å². The van der Waals surface area contributed by atoms with E-state index in [1.807, 2.05) is 0 Å². The van der Waals surface area contributed by atoms with E-state index >= 15 is 0 Å². The van der Waals surface area contributed by atoms with E-state index < -0.39 is 12.1 Å². The van der Waals surface area contributed by atoms with Gasteiger partial charge in [0, 0.05) is 6.61 Å². The van der Waals surface area contributed by atoms with Crippen LogP contribution in [0.3, 0.4) is 0 Å². The van der Waals surface area contributed by atoms with Crippen molar-refractivity contribution in [2.45, 2.75) is 12.8 Å². The summed E-state index contributed by atoms with van der Waals surface area (Å²) in [4.78, 5) is 22.1. The highest BCUT2D eigenvalue weighted by Gasteiger charge is 2.15. The molecule has 0 fully saturated rings. The number of anilines is 2. The molecule has 0 aliphatic rings. The van der Waals surface area contributed by atoms with Gasteiger partial charge >= 0.3 is 12.1 Å². The van der Waals surface area contributed by atoms with Gasteiger partial charge in [0.15, 0.2) is 0 Å². The van der Waals surface area contributed by atoms with Gasteiger partial charge in [-0.15, -0.1) is 0 Å². The Morgan fingerprint density at radius 3 is 2.20 bits per heavy atom. The third-order valence-electron chi connectivity index (χ3n) is 2.68. The molecule has 20 heavy (non-hydrogen) atoms. The predicted molar refractivity (Wildman–Crippen MR) is 74.3 cm³/mol. The van der Waals surface area contributed by atoms with Crippen molar-refractivity contribution in [3.63, 3.8) is 0 Å². The van der Waals surface area contributed by atoms with Crippen molar-refractivity contribution < 1.29 is 14.7 Å². The molecule has 0 atom stereocenters. The molecule has 9 heteroatoms. The molecule has 0 saturated carbocycles. The number of hydrogen-bond acceptors (Lipinski definition) is 5. The Kier molecular flexibility index (Phi) is 5.26. The number of urea groups is 2. The number of carbonyl (C=O) groups excluding carboxylic acids is 2. The predicted octanol–water partition coefficient (Wildman–Crippen LogP) is -0.871. The largest absolute Gasteiger partial charge is 0.396 e. The van der Waals surface area contributed by atoms with Crippen LogP contribution in [0, 0.1) is 0 Å². The van der Waals surface area contributed by atoms with Crippen LogP contribution in [-0.4, -0.2) is 23.8 Å². The quantitative estimate of drug-likeness (QED) is 0.268. The van der Waals surface area contributed by atoms with E-state index in [1.54, 1.807) is 6.07 Å². The fourth-order valence-electron chi connectivity index (χ4n) is 1.67. The Labute approximate surface area is 115 Å². The molecule has 0 heterocycles. The van der Waals surface area contributed by atoms with Gasteiger partial charge in [-0.25, -0.2) is 31.3 Å². The maximum atomic E-state index is 11.1. The lowest BCUT2D eigenvalue weighted by molar-refractivity contribution is 0.253. The first-order valence-electron chi connectivity index (χ1n) is 5.80. The molecule has 0 radical (unpaired) electrons. The van der Waals surface area contributed by atoms with Crippen molar-refractivity contribution in [1.82, 2.24) is 0 Å². The average Bonchev–Trinajstić information content (AvgIpc) is 2.42. The third-order valence-corrected chi connectivity index (χ3v) is 2.68. The van der Waals surface area contributed by atoms with Crippen molar-refractivity contribution in [3.05, 3.63) is 23.8 Å². The van der Waals surface area contributed by atoms with Gasteiger partial charge in [-0.3, -0.25) is 0 Å². The Balaban J connectivity index is 3.18. The standard InChI is InChI=1S/C11H18N6O3/c12-10(19)16(14)8-3-4-9(17(15)11(13)20)7(6-8)2-1-5-18/h3-4,6,18H,1-2,5,14-15H2,(H2,12,19)(H2,13,20). The summed E-state index contributed by atoms with van der Waals surface area (Å²) in [6, 6.07) is 2.87. The number of hydrazine groups is 2. The molecule has 0 bridgehead atoms. The molecule has 0 aromatic heterocycles. The third kappa shape index (κ3) is 3.57. The maximum Gasteiger partial charge on any atom is 0.333 e. The van der Waals surface area contributed by atoms with Crippen LogP contribution < -0.4 is 33.2 Å². The number of carbonyl (C=O) groups is 2. The second-order valence-corrected chi connectivity index (χ2v) is 4.06. The van der Waals surface area contributed by atoms with Crippen LogP contribution >= 0.6 is 0 Å². The summed E-state index contributed by atoms with van der Waals surface area (Å²) in [5, 5.41) is 10.4. The van der Waals surface area contributed by atoms with Crippen molar-refractivity contribution >= 4 is 23.4 Å². The van der Waals surface area contributed by atoms with Gasteiger partial charge in [-0.05, 0) is 36.6 Å². The first-order chi connectivity index (χ1) is 9.38. The Bertz CT molecular complexity index is 507. The second kappa shape index (κ2) is 6.70. The van der Waals surface area contributed by atoms with Crippen molar-refractivity contribution in [2.24, 2.45) is 23.2 Å². The Morgan fingerprint density at radius 1 is 1.10 bits per heavy atom. The highest BCUT2D eigenvalue weighted by atomic mass is 16.3. The molecule has 0 aliphatic carbocycles. The molecule has 9 N–H and O–H groups in total. The topological polar surface area (TPSA) is 165 Å². The van der Waals surface area contributed by atoms with Gasteiger partial charge in [-0.1, -0.05) is 0 Å².